The number of rotatable bonds is 1. The average Bonchev–Trinajstić information content (AvgIpc) is 2.69. The van der Waals surface area contributed by atoms with Crippen molar-refractivity contribution in [1.82, 2.24) is 9.88 Å². The van der Waals surface area contributed by atoms with E-state index in [1.165, 1.54) is 0 Å². The maximum Gasteiger partial charge on any atom is 0.410 e. The number of ether oxygens (including phenoxy) is 1. The molecule has 0 unspecified atom stereocenters. The minimum Gasteiger partial charge on any atom is -0.444 e. The Balaban J connectivity index is 0.00000200. The molecule has 110 valence electrons. The van der Waals surface area contributed by atoms with Crippen LogP contribution in [0.4, 0.5) is 4.79 Å². The van der Waals surface area contributed by atoms with E-state index in [0.717, 1.165) is 11.1 Å². The van der Waals surface area contributed by atoms with Crippen molar-refractivity contribution in [2.24, 2.45) is 5.73 Å². The van der Waals surface area contributed by atoms with Crippen molar-refractivity contribution in [2.45, 2.75) is 39.5 Å². The standard InChI is InChI=1S/C13H18N4O2.ClH/c1-13(2,3)19-12(18)17-6-8-4-5-16-10(11(14)15)9(8)7-17;/h4-5H,6-7H2,1-3H3,(H3,14,15);1H. The summed E-state index contributed by atoms with van der Waals surface area (Å²) in [4.78, 5) is 17.7. The second kappa shape index (κ2) is 5.66. The second-order valence-corrected chi connectivity index (χ2v) is 5.55. The van der Waals surface area contributed by atoms with Crippen LogP contribution >= 0.6 is 12.4 Å². The first-order chi connectivity index (χ1) is 8.78. The quantitative estimate of drug-likeness (QED) is 0.613. The molecule has 0 saturated heterocycles. The lowest BCUT2D eigenvalue weighted by molar-refractivity contribution is 0.0242. The van der Waals surface area contributed by atoms with Gasteiger partial charge in [0.25, 0.3) is 0 Å². The van der Waals surface area contributed by atoms with E-state index in [1.54, 1.807) is 11.1 Å². The Kier molecular flexibility index (Phi) is 4.60. The van der Waals surface area contributed by atoms with Gasteiger partial charge in [-0.25, -0.2) is 4.79 Å². The number of nitrogens with one attached hydrogen (secondary N) is 1. The van der Waals surface area contributed by atoms with Gasteiger partial charge in [-0.05, 0) is 32.4 Å². The number of nitrogens with two attached hydrogens (primary N) is 1. The van der Waals surface area contributed by atoms with Gasteiger partial charge in [0.15, 0.2) is 0 Å². The first-order valence-electron chi connectivity index (χ1n) is 6.07. The summed E-state index contributed by atoms with van der Waals surface area (Å²) in [6.07, 6.45) is 1.24. The molecule has 1 aromatic rings. The molecule has 0 spiro atoms. The summed E-state index contributed by atoms with van der Waals surface area (Å²) >= 11 is 0. The van der Waals surface area contributed by atoms with E-state index in [9.17, 15) is 4.79 Å². The smallest absolute Gasteiger partial charge is 0.410 e. The molecule has 0 saturated carbocycles. The summed E-state index contributed by atoms with van der Waals surface area (Å²) < 4.78 is 5.33. The first kappa shape index (κ1) is 16.2. The largest absolute Gasteiger partial charge is 0.444 e. The Morgan fingerprint density at radius 2 is 2.10 bits per heavy atom. The third-order valence-corrected chi connectivity index (χ3v) is 2.77. The summed E-state index contributed by atoms with van der Waals surface area (Å²) in [5.74, 6) is -0.0807. The third-order valence-electron chi connectivity index (χ3n) is 2.77. The zero-order valence-corrected chi connectivity index (χ0v) is 12.6. The molecule has 0 fully saturated rings. The summed E-state index contributed by atoms with van der Waals surface area (Å²) in [5.41, 5.74) is 7.22. The van der Waals surface area contributed by atoms with E-state index < -0.39 is 5.60 Å². The number of fused-ring (bicyclic) bond motifs is 1. The number of hydrogen-bond donors (Lipinski definition) is 2. The van der Waals surface area contributed by atoms with Crippen molar-refractivity contribution in [1.29, 1.82) is 5.41 Å². The van der Waals surface area contributed by atoms with E-state index in [-0.39, 0.29) is 24.3 Å². The lowest BCUT2D eigenvalue weighted by Gasteiger charge is -2.24. The SMILES string of the molecule is CC(C)(C)OC(=O)N1Cc2ccnc(C(=N)N)c2C1.Cl. The van der Waals surface area contributed by atoms with Gasteiger partial charge in [-0.2, -0.15) is 0 Å². The number of nitrogen functional groups attached to an aromatic ring is 1. The van der Waals surface area contributed by atoms with Crippen molar-refractivity contribution in [3.63, 3.8) is 0 Å². The number of halogens is 1. The lowest BCUT2D eigenvalue weighted by Crippen LogP contribution is -2.33. The van der Waals surface area contributed by atoms with Crippen LogP contribution in [0.25, 0.3) is 0 Å². The minimum absolute atomic E-state index is 0. The Bertz CT molecular complexity index is 540. The molecule has 0 atom stereocenters. The highest BCUT2D eigenvalue weighted by Crippen LogP contribution is 2.26. The van der Waals surface area contributed by atoms with Crippen molar-refractivity contribution in [2.75, 3.05) is 0 Å². The van der Waals surface area contributed by atoms with Crippen LogP contribution in [-0.4, -0.2) is 27.4 Å². The third kappa shape index (κ3) is 3.39. The maximum absolute atomic E-state index is 12.0. The average molecular weight is 299 g/mol. The predicted molar refractivity (Wildman–Crippen MR) is 78.0 cm³/mol. The Hall–Kier alpha value is -1.82. The fraction of sp³-hybridized carbons (Fsp3) is 0.462. The molecule has 1 aliphatic rings. The van der Waals surface area contributed by atoms with Crippen LogP contribution in [0, 0.1) is 5.41 Å². The number of carbonyl (C=O) groups is 1. The highest BCUT2D eigenvalue weighted by atomic mass is 35.5. The van der Waals surface area contributed by atoms with Gasteiger partial charge in [-0.3, -0.25) is 15.3 Å². The number of aromatic nitrogens is 1. The number of pyridine rings is 1. The van der Waals surface area contributed by atoms with Gasteiger partial charge in [0.1, 0.15) is 17.1 Å². The van der Waals surface area contributed by atoms with Gasteiger partial charge in [0.05, 0.1) is 6.54 Å². The number of carbonyl (C=O) groups excluding carboxylic acids is 1. The maximum atomic E-state index is 12.0. The molecule has 6 nitrogen and oxygen atoms in total. The second-order valence-electron chi connectivity index (χ2n) is 5.55. The van der Waals surface area contributed by atoms with Crippen LogP contribution < -0.4 is 5.73 Å². The van der Waals surface area contributed by atoms with Gasteiger partial charge in [0, 0.05) is 18.3 Å². The molecule has 0 aliphatic carbocycles. The Labute approximate surface area is 124 Å². The monoisotopic (exact) mass is 298 g/mol. The molecule has 0 bridgehead atoms. The van der Waals surface area contributed by atoms with Crippen LogP contribution in [0.3, 0.4) is 0 Å². The Morgan fingerprint density at radius 3 is 2.65 bits per heavy atom. The molecule has 20 heavy (non-hydrogen) atoms. The van der Waals surface area contributed by atoms with Gasteiger partial charge < -0.3 is 10.5 Å². The molecule has 2 heterocycles. The van der Waals surface area contributed by atoms with Gasteiger partial charge in [-0.1, -0.05) is 0 Å². The molecule has 3 N–H and O–H groups in total. The zero-order chi connectivity index (χ0) is 14.2. The number of amides is 1. The normalized spacial score (nSPS) is 13.4. The molecule has 0 radical (unpaired) electrons. The highest BCUT2D eigenvalue weighted by molar-refractivity contribution is 5.95. The van der Waals surface area contributed by atoms with Crippen LogP contribution in [0.1, 0.15) is 37.6 Å². The molecular weight excluding hydrogens is 280 g/mol. The number of hydrogen-bond acceptors (Lipinski definition) is 4. The highest BCUT2D eigenvalue weighted by Gasteiger charge is 2.29. The van der Waals surface area contributed by atoms with E-state index in [0.29, 0.717) is 18.8 Å². The summed E-state index contributed by atoms with van der Waals surface area (Å²) in [6, 6.07) is 1.84. The van der Waals surface area contributed by atoms with Crippen LogP contribution in [-0.2, 0) is 17.8 Å². The first-order valence-corrected chi connectivity index (χ1v) is 6.07. The summed E-state index contributed by atoms with van der Waals surface area (Å²) in [6.45, 7) is 6.34. The van der Waals surface area contributed by atoms with Crippen molar-refractivity contribution < 1.29 is 9.53 Å². The Morgan fingerprint density at radius 1 is 1.45 bits per heavy atom. The van der Waals surface area contributed by atoms with E-state index >= 15 is 0 Å². The fourth-order valence-electron chi connectivity index (χ4n) is 2.00. The summed E-state index contributed by atoms with van der Waals surface area (Å²) in [5, 5.41) is 7.50. The molecule has 1 amide bonds. The zero-order valence-electron chi connectivity index (χ0n) is 11.8. The predicted octanol–water partition coefficient (Wildman–Crippen LogP) is 2.04. The fourth-order valence-corrected chi connectivity index (χ4v) is 2.00. The van der Waals surface area contributed by atoms with Gasteiger partial charge >= 0.3 is 6.09 Å². The summed E-state index contributed by atoms with van der Waals surface area (Å²) in [7, 11) is 0. The van der Waals surface area contributed by atoms with E-state index in [4.69, 9.17) is 15.9 Å². The lowest BCUT2D eigenvalue weighted by atomic mass is 10.1. The van der Waals surface area contributed by atoms with Crippen molar-refractivity contribution in [3.05, 3.63) is 29.1 Å². The van der Waals surface area contributed by atoms with Crippen molar-refractivity contribution in [3.8, 4) is 0 Å². The molecular formula is C13H19ClN4O2. The van der Waals surface area contributed by atoms with Crippen molar-refractivity contribution >= 4 is 24.3 Å². The molecule has 1 aliphatic heterocycles. The molecule has 1 aromatic heterocycles. The van der Waals surface area contributed by atoms with Crippen LogP contribution in [0.2, 0.25) is 0 Å². The molecule has 2 rings (SSSR count). The van der Waals surface area contributed by atoms with E-state index in [1.807, 2.05) is 26.8 Å². The van der Waals surface area contributed by atoms with Gasteiger partial charge in [0.2, 0.25) is 0 Å². The molecule has 0 aromatic carbocycles. The minimum atomic E-state index is -0.520. The van der Waals surface area contributed by atoms with Crippen LogP contribution in [0.15, 0.2) is 12.3 Å². The number of nitrogens with zero attached hydrogens (tertiary/aromatic N) is 2. The van der Waals surface area contributed by atoms with Crippen LogP contribution in [0.5, 0.6) is 0 Å². The molecule has 7 heteroatoms. The van der Waals surface area contributed by atoms with Gasteiger partial charge in [-0.15, -0.1) is 12.4 Å². The number of amidine groups is 1. The topological polar surface area (TPSA) is 92.3 Å². The van der Waals surface area contributed by atoms with E-state index in [2.05, 4.69) is 4.98 Å².